The number of aromatic nitrogens is 2. The summed E-state index contributed by atoms with van der Waals surface area (Å²) >= 11 is 0. The van der Waals surface area contributed by atoms with E-state index in [0.717, 1.165) is 44.8 Å². The molecule has 0 spiro atoms. The first-order valence-corrected chi connectivity index (χ1v) is 11.8. The number of ether oxygens (including phenoxy) is 1. The standard InChI is InChI=1S/C20H24F3N3O4S/c1-31(28,29)16-7-5-15(6-8-16)17-13-24-26(14-20(21,22)23)19(27)18(17)30-12-11-25-9-3-2-4-10-25/h5-8,13H,2-4,9-12,14H2,1H3. The van der Waals surface area contributed by atoms with Crippen LogP contribution in [-0.4, -0.2) is 61.8 Å². The molecule has 0 atom stereocenters. The average molecular weight is 459 g/mol. The Balaban J connectivity index is 1.91. The molecule has 0 unspecified atom stereocenters. The molecule has 7 nitrogen and oxygen atoms in total. The molecule has 0 saturated carbocycles. The van der Waals surface area contributed by atoms with E-state index in [-0.39, 0.29) is 22.8 Å². The predicted octanol–water partition coefficient (Wildman–Crippen LogP) is 2.74. The van der Waals surface area contributed by atoms with Crippen LogP contribution in [0.5, 0.6) is 5.75 Å². The monoisotopic (exact) mass is 459 g/mol. The number of hydrogen-bond acceptors (Lipinski definition) is 6. The van der Waals surface area contributed by atoms with Crippen LogP contribution in [0.1, 0.15) is 19.3 Å². The Morgan fingerprint density at radius 1 is 1.10 bits per heavy atom. The second-order valence-electron chi connectivity index (χ2n) is 7.51. The highest BCUT2D eigenvalue weighted by Gasteiger charge is 2.30. The van der Waals surface area contributed by atoms with E-state index >= 15 is 0 Å². The molecule has 1 saturated heterocycles. The zero-order valence-corrected chi connectivity index (χ0v) is 17.9. The Bertz CT molecular complexity index is 1060. The highest BCUT2D eigenvalue weighted by Crippen LogP contribution is 2.28. The van der Waals surface area contributed by atoms with Crippen molar-refractivity contribution in [3.8, 4) is 16.9 Å². The Kier molecular flexibility index (Phi) is 7.05. The molecule has 0 amide bonds. The lowest BCUT2D eigenvalue weighted by Crippen LogP contribution is -2.35. The summed E-state index contributed by atoms with van der Waals surface area (Å²) in [7, 11) is -3.42. The Morgan fingerprint density at radius 3 is 2.32 bits per heavy atom. The highest BCUT2D eigenvalue weighted by molar-refractivity contribution is 7.90. The molecule has 170 valence electrons. The van der Waals surface area contributed by atoms with Gasteiger partial charge in [0.25, 0.3) is 0 Å². The third-order valence-corrected chi connectivity index (χ3v) is 6.15. The van der Waals surface area contributed by atoms with Crippen molar-refractivity contribution in [1.29, 1.82) is 0 Å². The summed E-state index contributed by atoms with van der Waals surface area (Å²) in [5.74, 6) is -0.233. The van der Waals surface area contributed by atoms with Crippen LogP contribution in [0, 0.1) is 0 Å². The van der Waals surface area contributed by atoms with Crippen molar-refractivity contribution in [2.24, 2.45) is 0 Å². The fourth-order valence-corrected chi connectivity index (χ4v) is 4.07. The number of hydrogen-bond donors (Lipinski definition) is 0. The molecule has 1 fully saturated rings. The topological polar surface area (TPSA) is 81.5 Å². The van der Waals surface area contributed by atoms with Gasteiger partial charge in [0, 0.05) is 18.4 Å². The van der Waals surface area contributed by atoms with E-state index in [1.807, 2.05) is 0 Å². The van der Waals surface area contributed by atoms with Crippen molar-refractivity contribution in [2.75, 3.05) is 32.5 Å². The van der Waals surface area contributed by atoms with Crippen molar-refractivity contribution in [1.82, 2.24) is 14.7 Å². The van der Waals surface area contributed by atoms with Crippen molar-refractivity contribution in [3.63, 3.8) is 0 Å². The Labute approximate surface area is 178 Å². The second-order valence-corrected chi connectivity index (χ2v) is 9.53. The van der Waals surface area contributed by atoms with Gasteiger partial charge in [0.2, 0.25) is 0 Å². The third kappa shape index (κ3) is 6.30. The second kappa shape index (κ2) is 9.39. The largest absolute Gasteiger partial charge is 0.486 e. The van der Waals surface area contributed by atoms with Crippen molar-refractivity contribution >= 4 is 9.84 Å². The lowest BCUT2D eigenvalue weighted by molar-refractivity contribution is -0.143. The Morgan fingerprint density at radius 2 is 1.74 bits per heavy atom. The minimum atomic E-state index is -4.61. The molecule has 0 bridgehead atoms. The molecule has 31 heavy (non-hydrogen) atoms. The predicted molar refractivity (Wildman–Crippen MR) is 109 cm³/mol. The molecule has 0 N–H and O–H groups in total. The number of sulfone groups is 1. The van der Waals surface area contributed by atoms with Gasteiger partial charge in [-0.3, -0.25) is 9.69 Å². The van der Waals surface area contributed by atoms with Gasteiger partial charge in [-0.1, -0.05) is 18.6 Å². The van der Waals surface area contributed by atoms with E-state index in [4.69, 9.17) is 4.74 Å². The summed E-state index contributed by atoms with van der Waals surface area (Å²) < 4.78 is 67.8. The van der Waals surface area contributed by atoms with Crippen molar-refractivity contribution in [3.05, 3.63) is 40.8 Å². The number of piperidine rings is 1. The van der Waals surface area contributed by atoms with Crippen molar-refractivity contribution in [2.45, 2.75) is 36.9 Å². The normalized spacial score (nSPS) is 15.7. The summed E-state index contributed by atoms with van der Waals surface area (Å²) in [6, 6.07) is 5.67. The van der Waals surface area contributed by atoms with Gasteiger partial charge in [-0.05, 0) is 43.6 Å². The lowest BCUT2D eigenvalue weighted by Gasteiger charge is -2.26. The minimum absolute atomic E-state index is 0.0854. The van der Waals surface area contributed by atoms with Gasteiger partial charge in [0.1, 0.15) is 13.2 Å². The van der Waals surface area contributed by atoms with E-state index < -0.39 is 28.1 Å². The summed E-state index contributed by atoms with van der Waals surface area (Å²) in [6.45, 7) is 0.991. The molecule has 0 radical (unpaired) electrons. The van der Waals surface area contributed by atoms with Crippen LogP contribution in [0.4, 0.5) is 13.2 Å². The molecule has 0 aliphatic carbocycles. The molecule has 1 aliphatic rings. The zero-order chi connectivity index (χ0) is 22.6. The van der Waals surface area contributed by atoms with Gasteiger partial charge < -0.3 is 4.74 Å². The number of halogens is 3. The Hall–Kier alpha value is -2.40. The summed E-state index contributed by atoms with van der Waals surface area (Å²) in [5.41, 5.74) is -0.355. The number of rotatable bonds is 7. The molecule has 1 aliphatic heterocycles. The van der Waals surface area contributed by atoms with Crippen LogP contribution in [0.15, 0.2) is 40.2 Å². The van der Waals surface area contributed by atoms with Crippen LogP contribution in [-0.2, 0) is 16.4 Å². The molecular formula is C20H24F3N3O4S. The van der Waals surface area contributed by atoms with Crippen molar-refractivity contribution < 1.29 is 26.3 Å². The van der Waals surface area contributed by atoms with Crippen LogP contribution in [0.3, 0.4) is 0 Å². The smallest absolute Gasteiger partial charge is 0.408 e. The number of nitrogens with zero attached hydrogens (tertiary/aromatic N) is 3. The van der Waals surface area contributed by atoms with Gasteiger partial charge in [-0.25, -0.2) is 13.1 Å². The maximum Gasteiger partial charge on any atom is 0.408 e. The van der Waals surface area contributed by atoms with Gasteiger partial charge >= 0.3 is 11.7 Å². The van der Waals surface area contributed by atoms with Gasteiger partial charge in [-0.15, -0.1) is 0 Å². The van der Waals surface area contributed by atoms with Crippen LogP contribution < -0.4 is 10.3 Å². The zero-order valence-electron chi connectivity index (χ0n) is 17.1. The number of likely N-dealkylation sites (tertiary alicyclic amines) is 1. The van der Waals surface area contributed by atoms with E-state index in [9.17, 15) is 26.4 Å². The van der Waals surface area contributed by atoms with Gasteiger partial charge in [-0.2, -0.15) is 18.3 Å². The summed E-state index contributed by atoms with van der Waals surface area (Å²) in [6.07, 6.45) is 0.908. The van der Waals surface area contributed by atoms with E-state index in [2.05, 4.69) is 10.00 Å². The number of benzene rings is 1. The maximum atomic E-state index is 12.8. The lowest BCUT2D eigenvalue weighted by atomic mass is 10.1. The van der Waals surface area contributed by atoms with E-state index in [1.165, 1.54) is 24.3 Å². The molecule has 1 aromatic heterocycles. The first-order chi connectivity index (χ1) is 14.5. The maximum absolute atomic E-state index is 12.8. The molecule has 3 rings (SSSR count). The van der Waals surface area contributed by atoms with Gasteiger partial charge in [0.15, 0.2) is 15.6 Å². The van der Waals surface area contributed by atoms with Crippen LogP contribution in [0.2, 0.25) is 0 Å². The average Bonchev–Trinajstić information content (AvgIpc) is 2.70. The molecule has 1 aromatic carbocycles. The molecule has 11 heteroatoms. The molecule has 2 aromatic rings. The van der Waals surface area contributed by atoms with E-state index in [0.29, 0.717) is 16.8 Å². The van der Waals surface area contributed by atoms with E-state index in [1.54, 1.807) is 0 Å². The SMILES string of the molecule is CS(=O)(=O)c1ccc(-c2cnn(CC(F)(F)F)c(=O)c2OCCN2CCCCC2)cc1. The first kappa shape index (κ1) is 23.3. The van der Waals surface area contributed by atoms with Crippen LogP contribution in [0.25, 0.3) is 11.1 Å². The summed E-state index contributed by atoms with van der Waals surface area (Å²) in [4.78, 5) is 15.0. The molecule has 2 heterocycles. The minimum Gasteiger partial charge on any atom is -0.486 e. The summed E-state index contributed by atoms with van der Waals surface area (Å²) in [5, 5.41) is 3.65. The fraction of sp³-hybridized carbons (Fsp3) is 0.500. The van der Waals surface area contributed by atoms with Crippen LogP contribution >= 0.6 is 0 Å². The van der Waals surface area contributed by atoms with Gasteiger partial charge in [0.05, 0.1) is 11.1 Å². The highest BCUT2D eigenvalue weighted by atomic mass is 32.2. The number of alkyl halides is 3. The quantitative estimate of drug-likeness (QED) is 0.634. The molecular weight excluding hydrogens is 435 g/mol. The fourth-order valence-electron chi connectivity index (χ4n) is 3.44. The first-order valence-electron chi connectivity index (χ1n) is 9.87. The third-order valence-electron chi connectivity index (χ3n) is 5.02.